The summed E-state index contributed by atoms with van der Waals surface area (Å²) < 4.78 is 56.8. The van der Waals surface area contributed by atoms with E-state index in [1.54, 1.807) is 30.3 Å². The summed E-state index contributed by atoms with van der Waals surface area (Å²) in [7, 11) is -3.45. The first-order chi connectivity index (χ1) is 13.4. The van der Waals surface area contributed by atoms with E-state index in [0.717, 1.165) is 0 Å². The van der Waals surface area contributed by atoms with Crippen LogP contribution in [0.25, 0.3) is 0 Å². The Kier molecular flexibility index (Phi) is 6.54. The van der Waals surface area contributed by atoms with Crippen LogP contribution in [0.2, 0.25) is 0 Å². The van der Waals surface area contributed by atoms with Gasteiger partial charge in [0, 0.05) is 6.54 Å². The fourth-order valence-electron chi connectivity index (χ4n) is 2.65. The highest BCUT2D eigenvalue weighted by Gasteiger charge is 2.47. The van der Waals surface area contributed by atoms with Crippen LogP contribution < -0.4 is 10.6 Å². The molecule has 0 bridgehead atoms. The summed E-state index contributed by atoms with van der Waals surface area (Å²) in [5.74, 6) is -3.04. The molecule has 1 aliphatic carbocycles. The fraction of sp³-hybridized carbons (Fsp3) is 0.471. The molecular weight excluding hydrogens is 415 g/mol. The van der Waals surface area contributed by atoms with Gasteiger partial charge in [-0.05, 0) is 31.4 Å². The van der Waals surface area contributed by atoms with Crippen molar-refractivity contribution in [3.05, 3.63) is 30.3 Å². The number of nitriles is 1. The number of nitrogens with one attached hydrogen (secondary N) is 2. The van der Waals surface area contributed by atoms with Gasteiger partial charge in [-0.15, -0.1) is 0 Å². The van der Waals surface area contributed by atoms with Crippen molar-refractivity contribution < 1.29 is 36.3 Å². The van der Waals surface area contributed by atoms with Crippen LogP contribution in [0.3, 0.4) is 0 Å². The van der Waals surface area contributed by atoms with E-state index in [4.69, 9.17) is 15.2 Å². The molecule has 1 aromatic rings. The Hall–Kier alpha value is -2.65. The zero-order valence-electron chi connectivity index (χ0n) is 14.9. The fourth-order valence-corrected chi connectivity index (χ4v) is 4.34. The summed E-state index contributed by atoms with van der Waals surface area (Å²) in [5.41, 5.74) is -0.727. The molecule has 0 unspecified atom stereocenters. The van der Waals surface area contributed by atoms with E-state index >= 15 is 0 Å². The van der Waals surface area contributed by atoms with Crippen LogP contribution in [-0.2, 0) is 19.4 Å². The highest BCUT2D eigenvalue weighted by Crippen LogP contribution is 2.34. The summed E-state index contributed by atoms with van der Waals surface area (Å²) in [6, 6.07) is 9.80. The van der Waals surface area contributed by atoms with Crippen LogP contribution in [0.15, 0.2) is 35.2 Å². The van der Waals surface area contributed by atoms with Crippen molar-refractivity contribution in [2.45, 2.75) is 47.2 Å². The Labute approximate surface area is 164 Å². The third-order valence-electron chi connectivity index (χ3n) is 4.49. The number of alkyl halides is 3. The number of sulfone groups is 1. The van der Waals surface area contributed by atoms with E-state index in [1.807, 2.05) is 0 Å². The summed E-state index contributed by atoms with van der Waals surface area (Å²) in [5, 5.41) is 21.2. The molecule has 0 radical (unpaired) electrons. The molecule has 12 heteroatoms. The maximum atomic E-state index is 12.5. The Morgan fingerprint density at radius 1 is 1.24 bits per heavy atom. The van der Waals surface area contributed by atoms with E-state index < -0.39 is 38.8 Å². The highest BCUT2D eigenvalue weighted by atomic mass is 32.2. The largest absolute Gasteiger partial charge is 0.490 e. The second kappa shape index (κ2) is 8.38. The zero-order chi connectivity index (χ0) is 21.9. The van der Waals surface area contributed by atoms with Crippen LogP contribution in [0.1, 0.15) is 19.3 Å². The average Bonchev–Trinajstić information content (AvgIpc) is 3.24. The summed E-state index contributed by atoms with van der Waals surface area (Å²) in [4.78, 5) is 21.3. The van der Waals surface area contributed by atoms with E-state index in [1.165, 1.54) is 0 Å². The molecule has 158 valence electrons. The van der Waals surface area contributed by atoms with Crippen molar-refractivity contribution in [3.8, 4) is 6.07 Å². The lowest BCUT2D eigenvalue weighted by atomic mass is 10.2. The summed E-state index contributed by atoms with van der Waals surface area (Å²) in [6.07, 6.45) is -3.54. The van der Waals surface area contributed by atoms with Gasteiger partial charge in [-0.2, -0.15) is 18.4 Å². The van der Waals surface area contributed by atoms with Gasteiger partial charge in [-0.3, -0.25) is 4.79 Å². The van der Waals surface area contributed by atoms with Crippen LogP contribution >= 0.6 is 0 Å². The number of aliphatic carboxylic acids is 1. The smallest absolute Gasteiger partial charge is 0.475 e. The summed E-state index contributed by atoms with van der Waals surface area (Å²) >= 11 is 0. The second-order valence-electron chi connectivity index (χ2n) is 6.66. The van der Waals surface area contributed by atoms with Crippen molar-refractivity contribution in [2.75, 3.05) is 6.54 Å². The molecule has 1 aliphatic heterocycles. The molecule has 8 nitrogen and oxygen atoms in total. The minimum absolute atomic E-state index is 0.227. The van der Waals surface area contributed by atoms with Gasteiger partial charge in [-0.1, -0.05) is 18.2 Å². The van der Waals surface area contributed by atoms with Gasteiger partial charge in [0.25, 0.3) is 0 Å². The second-order valence-corrected chi connectivity index (χ2v) is 8.89. The number of benzene rings is 1. The minimum atomic E-state index is -5.08. The first-order valence-electron chi connectivity index (χ1n) is 8.47. The van der Waals surface area contributed by atoms with E-state index in [-0.39, 0.29) is 23.8 Å². The third-order valence-corrected chi connectivity index (χ3v) is 6.65. The number of rotatable bonds is 4. The number of hydrogen-bond acceptors (Lipinski definition) is 6. The molecule has 2 aliphatic rings. The lowest BCUT2D eigenvalue weighted by molar-refractivity contribution is -0.192. The number of carbonyl (C=O) groups excluding carboxylic acids is 1. The van der Waals surface area contributed by atoms with Crippen LogP contribution in [0.5, 0.6) is 0 Å². The molecule has 2 fully saturated rings. The number of halogens is 3. The van der Waals surface area contributed by atoms with Crippen molar-refractivity contribution in [1.82, 2.24) is 10.6 Å². The highest BCUT2D eigenvalue weighted by molar-refractivity contribution is 7.92. The van der Waals surface area contributed by atoms with Gasteiger partial charge >= 0.3 is 12.1 Å². The Bertz CT molecular complexity index is 908. The lowest BCUT2D eigenvalue weighted by Crippen LogP contribution is -2.45. The molecule has 2 atom stereocenters. The molecule has 1 amide bonds. The molecule has 1 saturated carbocycles. The number of carboxylic acid groups (broad SMARTS) is 1. The monoisotopic (exact) mass is 433 g/mol. The molecule has 29 heavy (non-hydrogen) atoms. The van der Waals surface area contributed by atoms with Crippen molar-refractivity contribution in [2.24, 2.45) is 0 Å². The molecule has 1 heterocycles. The minimum Gasteiger partial charge on any atom is -0.475 e. The normalized spacial score (nSPS) is 22.6. The van der Waals surface area contributed by atoms with E-state index in [2.05, 4.69) is 16.7 Å². The standard InChI is InChI=1S/C15H17N3O3S.C2HF3O2/c16-10-15(6-7-15)18-14(19)13-8-12(9-17-13)22(20,21)11-4-2-1-3-5-11;3-2(4,5)1(6)7/h1-5,12-13,17H,6-9H2,(H,18,19);(H,6,7)/t12-,13+;/m1./s1. The van der Waals surface area contributed by atoms with Gasteiger partial charge in [0.2, 0.25) is 5.91 Å². The molecule has 0 aromatic heterocycles. The predicted molar refractivity (Wildman–Crippen MR) is 93.2 cm³/mol. The van der Waals surface area contributed by atoms with Gasteiger partial charge in [0.1, 0.15) is 5.54 Å². The Balaban J connectivity index is 0.000000370. The molecule has 1 aromatic carbocycles. The van der Waals surface area contributed by atoms with E-state index in [9.17, 15) is 26.4 Å². The first-order valence-corrected chi connectivity index (χ1v) is 10.0. The number of nitrogens with zero attached hydrogens (tertiary/aromatic N) is 1. The number of carbonyl (C=O) groups is 2. The summed E-state index contributed by atoms with van der Waals surface area (Å²) in [6.45, 7) is 0.245. The first kappa shape index (κ1) is 22.6. The zero-order valence-corrected chi connectivity index (χ0v) is 15.8. The van der Waals surface area contributed by atoms with Gasteiger partial charge in [-0.25, -0.2) is 13.2 Å². The van der Waals surface area contributed by atoms with Gasteiger partial charge in [0.05, 0.1) is 22.3 Å². The maximum absolute atomic E-state index is 12.5. The number of hydrogen-bond donors (Lipinski definition) is 3. The van der Waals surface area contributed by atoms with Crippen LogP contribution in [0.4, 0.5) is 13.2 Å². The average molecular weight is 433 g/mol. The third kappa shape index (κ3) is 5.68. The Morgan fingerprint density at radius 3 is 2.24 bits per heavy atom. The Morgan fingerprint density at radius 2 is 1.79 bits per heavy atom. The quantitative estimate of drug-likeness (QED) is 0.644. The van der Waals surface area contributed by atoms with Crippen molar-refractivity contribution in [1.29, 1.82) is 5.26 Å². The molecule has 1 saturated heterocycles. The molecule has 0 spiro atoms. The van der Waals surface area contributed by atoms with Crippen molar-refractivity contribution >= 4 is 21.7 Å². The molecular formula is C17H18F3N3O5S. The topological polar surface area (TPSA) is 136 Å². The lowest BCUT2D eigenvalue weighted by Gasteiger charge is -2.14. The van der Waals surface area contributed by atoms with Crippen LogP contribution in [0, 0.1) is 11.3 Å². The number of amides is 1. The van der Waals surface area contributed by atoms with Gasteiger partial charge < -0.3 is 15.7 Å². The number of carboxylic acids is 1. The maximum Gasteiger partial charge on any atom is 0.490 e. The van der Waals surface area contributed by atoms with Crippen molar-refractivity contribution in [3.63, 3.8) is 0 Å². The SMILES string of the molecule is N#CC1(NC(=O)[C@@H]2C[C@@H](S(=O)(=O)c3ccccc3)CN2)CC1.O=C(O)C(F)(F)F. The van der Waals surface area contributed by atoms with Crippen LogP contribution in [-0.4, -0.2) is 55.0 Å². The predicted octanol–water partition coefficient (Wildman–Crippen LogP) is 0.996. The van der Waals surface area contributed by atoms with Gasteiger partial charge in [0.15, 0.2) is 9.84 Å². The molecule has 3 rings (SSSR count). The van der Waals surface area contributed by atoms with E-state index in [0.29, 0.717) is 12.8 Å². The molecule has 3 N–H and O–H groups in total.